The third-order valence-corrected chi connectivity index (χ3v) is 6.07. The number of aromatic nitrogens is 1. The van der Waals surface area contributed by atoms with E-state index in [1.165, 1.54) is 11.9 Å². The third-order valence-electron chi connectivity index (χ3n) is 6.07. The summed E-state index contributed by atoms with van der Waals surface area (Å²) in [4.78, 5) is 44.9. The maximum absolute atomic E-state index is 13.5. The number of anilines is 3. The molecule has 0 radical (unpaired) electrons. The van der Waals surface area contributed by atoms with Crippen molar-refractivity contribution in [3.63, 3.8) is 0 Å². The van der Waals surface area contributed by atoms with Gasteiger partial charge in [-0.05, 0) is 54.4 Å². The quantitative estimate of drug-likeness (QED) is 0.231. The molecule has 2 heterocycles. The minimum absolute atomic E-state index is 0.239. The van der Waals surface area contributed by atoms with Gasteiger partial charge in [-0.2, -0.15) is 0 Å². The first-order valence-electron chi connectivity index (χ1n) is 11.7. The van der Waals surface area contributed by atoms with Crippen LogP contribution < -0.4 is 26.3 Å². The molecule has 3 aromatic rings. The Morgan fingerprint density at radius 1 is 1.11 bits per heavy atom. The first-order chi connectivity index (χ1) is 17.7. The molecule has 0 aliphatic carbocycles. The summed E-state index contributed by atoms with van der Waals surface area (Å²) in [6, 6.07) is 14.9. The predicted molar refractivity (Wildman–Crippen MR) is 141 cm³/mol. The van der Waals surface area contributed by atoms with Crippen LogP contribution in [0.4, 0.5) is 26.8 Å². The molecule has 1 atom stereocenters. The van der Waals surface area contributed by atoms with Crippen LogP contribution in [0.15, 0.2) is 60.8 Å². The SMILES string of the molecule is CNC(=O)c1cccc(N2CCN(c3nccc(-c4ccc(NC(=O)N(C)N)cc4)c3C(C)O)C2=O)c1. The van der Waals surface area contributed by atoms with E-state index in [-0.39, 0.29) is 11.9 Å². The van der Waals surface area contributed by atoms with E-state index in [0.29, 0.717) is 47.0 Å². The van der Waals surface area contributed by atoms with Crippen LogP contribution in [-0.4, -0.2) is 60.3 Å². The summed E-state index contributed by atoms with van der Waals surface area (Å²) in [5.41, 5.74) is 3.61. The third kappa shape index (κ3) is 5.22. The summed E-state index contributed by atoms with van der Waals surface area (Å²) in [6.07, 6.45) is 0.681. The molecular formula is C26H29N7O4. The Balaban J connectivity index is 1.65. The van der Waals surface area contributed by atoms with Crippen LogP contribution in [0, 0.1) is 0 Å². The van der Waals surface area contributed by atoms with Gasteiger partial charge in [-0.1, -0.05) is 18.2 Å². The van der Waals surface area contributed by atoms with Crippen molar-refractivity contribution in [2.45, 2.75) is 13.0 Å². The van der Waals surface area contributed by atoms with Gasteiger partial charge in [0.2, 0.25) is 0 Å². The van der Waals surface area contributed by atoms with Gasteiger partial charge in [-0.3, -0.25) is 19.6 Å². The molecule has 11 heteroatoms. The Bertz CT molecular complexity index is 1320. The summed E-state index contributed by atoms with van der Waals surface area (Å²) in [6.45, 7) is 2.38. The molecule has 1 aromatic heterocycles. The second-order valence-corrected chi connectivity index (χ2v) is 8.61. The zero-order valence-corrected chi connectivity index (χ0v) is 20.8. The number of carbonyl (C=O) groups is 3. The molecule has 37 heavy (non-hydrogen) atoms. The Morgan fingerprint density at radius 2 is 1.81 bits per heavy atom. The van der Waals surface area contributed by atoms with Crippen molar-refractivity contribution < 1.29 is 19.5 Å². The average molecular weight is 504 g/mol. The topological polar surface area (TPSA) is 144 Å². The highest BCUT2D eigenvalue weighted by molar-refractivity contribution is 6.07. The zero-order valence-electron chi connectivity index (χ0n) is 20.8. The maximum atomic E-state index is 13.5. The Kier molecular flexibility index (Phi) is 7.37. The molecule has 1 aliphatic heterocycles. The van der Waals surface area contributed by atoms with E-state index in [0.717, 1.165) is 10.6 Å². The number of aliphatic hydroxyl groups excluding tert-OH is 1. The molecule has 192 valence electrons. The molecule has 1 fully saturated rings. The lowest BCUT2D eigenvalue weighted by Gasteiger charge is -2.23. The molecule has 2 aromatic carbocycles. The van der Waals surface area contributed by atoms with Crippen molar-refractivity contribution in [2.24, 2.45) is 5.84 Å². The summed E-state index contributed by atoms with van der Waals surface area (Å²) in [5.74, 6) is 5.58. The van der Waals surface area contributed by atoms with Gasteiger partial charge in [-0.25, -0.2) is 20.4 Å². The normalized spacial score (nSPS) is 13.9. The lowest BCUT2D eigenvalue weighted by molar-refractivity contribution is 0.0963. The molecule has 1 saturated heterocycles. The van der Waals surface area contributed by atoms with Gasteiger partial charge in [-0.15, -0.1) is 0 Å². The van der Waals surface area contributed by atoms with E-state index in [1.807, 2.05) is 0 Å². The number of benzene rings is 2. The number of nitrogens with zero attached hydrogens (tertiary/aromatic N) is 4. The maximum Gasteiger partial charge on any atom is 0.335 e. The molecule has 1 aliphatic rings. The summed E-state index contributed by atoms with van der Waals surface area (Å²) in [7, 11) is 2.99. The van der Waals surface area contributed by atoms with Crippen molar-refractivity contribution in [2.75, 3.05) is 42.3 Å². The van der Waals surface area contributed by atoms with Crippen LogP contribution in [0.25, 0.3) is 11.1 Å². The molecule has 5 N–H and O–H groups in total. The monoisotopic (exact) mass is 503 g/mol. The van der Waals surface area contributed by atoms with Crippen LogP contribution in [0.3, 0.4) is 0 Å². The number of nitrogens with two attached hydrogens (primary N) is 1. The van der Waals surface area contributed by atoms with E-state index in [9.17, 15) is 19.5 Å². The molecule has 5 amide bonds. The Morgan fingerprint density at radius 3 is 2.46 bits per heavy atom. The second-order valence-electron chi connectivity index (χ2n) is 8.61. The Hall–Kier alpha value is -4.48. The largest absolute Gasteiger partial charge is 0.389 e. The van der Waals surface area contributed by atoms with Crippen LogP contribution in [0.5, 0.6) is 0 Å². The molecular weight excluding hydrogens is 474 g/mol. The van der Waals surface area contributed by atoms with Crippen molar-refractivity contribution in [3.05, 3.63) is 71.9 Å². The highest BCUT2D eigenvalue weighted by Crippen LogP contribution is 2.36. The molecule has 0 saturated carbocycles. The fraction of sp³-hybridized carbons (Fsp3) is 0.231. The average Bonchev–Trinajstić information content (AvgIpc) is 3.29. The number of hydrogen-bond donors (Lipinski definition) is 4. The van der Waals surface area contributed by atoms with Gasteiger partial charge in [0, 0.05) is 55.9 Å². The van der Waals surface area contributed by atoms with Crippen molar-refractivity contribution in [1.29, 1.82) is 0 Å². The van der Waals surface area contributed by atoms with Crippen molar-refractivity contribution >= 4 is 35.2 Å². The summed E-state index contributed by atoms with van der Waals surface area (Å²) >= 11 is 0. The highest BCUT2D eigenvalue weighted by atomic mass is 16.3. The first-order valence-corrected chi connectivity index (χ1v) is 11.7. The van der Waals surface area contributed by atoms with E-state index in [1.54, 1.807) is 79.7 Å². The number of hydrazine groups is 1. The number of amides is 5. The molecule has 1 unspecified atom stereocenters. The molecule has 4 rings (SSSR count). The summed E-state index contributed by atoms with van der Waals surface area (Å²) < 4.78 is 0. The predicted octanol–water partition coefficient (Wildman–Crippen LogP) is 2.95. The minimum Gasteiger partial charge on any atom is -0.389 e. The van der Waals surface area contributed by atoms with Crippen LogP contribution >= 0.6 is 0 Å². The molecule has 11 nitrogen and oxygen atoms in total. The molecule has 0 bridgehead atoms. The fourth-order valence-corrected chi connectivity index (χ4v) is 4.22. The minimum atomic E-state index is -0.914. The molecule has 0 spiro atoms. The number of pyridine rings is 1. The van der Waals surface area contributed by atoms with Crippen molar-refractivity contribution in [3.8, 4) is 11.1 Å². The number of nitrogens with one attached hydrogen (secondary N) is 2. The van der Waals surface area contributed by atoms with Gasteiger partial charge >= 0.3 is 12.1 Å². The number of aliphatic hydroxyl groups is 1. The van der Waals surface area contributed by atoms with Crippen LogP contribution in [0.1, 0.15) is 28.9 Å². The van der Waals surface area contributed by atoms with E-state index in [2.05, 4.69) is 15.6 Å². The second kappa shape index (κ2) is 10.6. The lowest BCUT2D eigenvalue weighted by Crippen LogP contribution is -2.36. The van der Waals surface area contributed by atoms with E-state index < -0.39 is 12.1 Å². The van der Waals surface area contributed by atoms with Gasteiger partial charge in [0.1, 0.15) is 5.82 Å². The van der Waals surface area contributed by atoms with Crippen LogP contribution in [-0.2, 0) is 0 Å². The number of rotatable bonds is 6. The zero-order chi connectivity index (χ0) is 26.7. The fourth-order valence-electron chi connectivity index (χ4n) is 4.22. The van der Waals surface area contributed by atoms with Crippen LogP contribution in [0.2, 0.25) is 0 Å². The van der Waals surface area contributed by atoms with Gasteiger partial charge < -0.3 is 15.7 Å². The smallest absolute Gasteiger partial charge is 0.335 e. The summed E-state index contributed by atoms with van der Waals surface area (Å²) in [5, 5.41) is 16.9. The standard InChI is InChI=1S/C26H29N7O4/c1-16(34)22-21(17-7-9-19(10-8-17)30-25(36)31(3)27)11-12-29-23(22)33-14-13-32(26(33)37)20-6-4-5-18(15-20)24(35)28-2/h4-12,15-16,34H,13-14,27H2,1-3H3,(H,28,35)(H,30,36). The van der Waals surface area contributed by atoms with Gasteiger partial charge in [0.25, 0.3) is 5.91 Å². The van der Waals surface area contributed by atoms with E-state index in [4.69, 9.17) is 5.84 Å². The van der Waals surface area contributed by atoms with Gasteiger partial charge in [0.05, 0.1) is 6.10 Å². The van der Waals surface area contributed by atoms with E-state index >= 15 is 0 Å². The number of urea groups is 2. The number of carbonyl (C=O) groups excluding carboxylic acids is 3. The Labute approximate surface area is 214 Å². The first kappa shape index (κ1) is 25.6. The van der Waals surface area contributed by atoms with Crippen molar-refractivity contribution in [1.82, 2.24) is 15.3 Å². The van der Waals surface area contributed by atoms with Gasteiger partial charge in [0.15, 0.2) is 0 Å². The lowest BCUT2D eigenvalue weighted by atomic mass is 9.97. The highest BCUT2D eigenvalue weighted by Gasteiger charge is 2.34. The number of hydrogen-bond acceptors (Lipinski definition) is 6.